The van der Waals surface area contributed by atoms with Gasteiger partial charge in [0.15, 0.2) is 0 Å². The van der Waals surface area contributed by atoms with E-state index in [2.05, 4.69) is 20.4 Å². The van der Waals surface area contributed by atoms with Crippen LogP contribution in [-0.2, 0) is 9.53 Å². The van der Waals surface area contributed by atoms with Crippen LogP contribution in [0.15, 0.2) is 12.2 Å². The molecule has 0 saturated carbocycles. The van der Waals surface area contributed by atoms with Crippen LogP contribution in [0.25, 0.3) is 0 Å². The van der Waals surface area contributed by atoms with Crippen molar-refractivity contribution in [3.8, 4) is 0 Å². The Morgan fingerprint density at radius 1 is 1.35 bits per heavy atom. The highest BCUT2D eigenvalue weighted by Crippen LogP contribution is 2.26. The lowest BCUT2D eigenvalue weighted by molar-refractivity contribution is -0.156. The second-order valence-electron chi connectivity index (χ2n) is 4.82. The molecule has 0 aromatic heterocycles. The van der Waals surface area contributed by atoms with E-state index in [1.807, 2.05) is 27.7 Å². The number of carbonyl (C=O) groups is 1. The number of esters is 1. The van der Waals surface area contributed by atoms with E-state index in [4.69, 9.17) is 4.74 Å². The van der Waals surface area contributed by atoms with E-state index in [1.165, 1.54) is 12.8 Å². The van der Waals surface area contributed by atoms with Crippen molar-refractivity contribution < 1.29 is 9.53 Å². The van der Waals surface area contributed by atoms with Crippen LogP contribution in [0.5, 0.6) is 0 Å². The maximum absolute atomic E-state index is 11.4. The predicted octanol–water partition coefficient (Wildman–Crippen LogP) is 4.74. The summed E-state index contributed by atoms with van der Waals surface area (Å²) in [7, 11) is 0. The van der Waals surface area contributed by atoms with Gasteiger partial charge in [0.1, 0.15) is 5.60 Å². The third-order valence-corrected chi connectivity index (χ3v) is 2.88. The molecule has 0 fully saturated rings. The molecule has 17 heavy (non-hydrogen) atoms. The lowest BCUT2D eigenvalue weighted by Crippen LogP contribution is -2.35. The van der Waals surface area contributed by atoms with Gasteiger partial charge in [0.25, 0.3) is 0 Å². The molecule has 0 radical (unpaired) electrons. The fraction of sp³-hybridized carbons (Fsp3) is 0.800. The smallest absolute Gasteiger partial charge is 0.333 e. The third-order valence-electron chi connectivity index (χ3n) is 2.88. The summed E-state index contributed by atoms with van der Waals surface area (Å²) in [6.07, 6.45) is 3.44. The Morgan fingerprint density at radius 2 is 1.82 bits per heavy atom. The SMILES string of the molecule is C=C(C)C(=O)OC(C)(C)C(C)CCCC.CC. The van der Waals surface area contributed by atoms with Gasteiger partial charge in [-0.25, -0.2) is 4.79 Å². The largest absolute Gasteiger partial charge is 0.456 e. The third kappa shape index (κ3) is 8.00. The van der Waals surface area contributed by atoms with Crippen LogP contribution in [0, 0.1) is 5.92 Å². The first-order valence-electron chi connectivity index (χ1n) is 6.70. The van der Waals surface area contributed by atoms with Gasteiger partial charge in [-0.15, -0.1) is 0 Å². The fourth-order valence-electron chi connectivity index (χ4n) is 1.28. The molecular weight excluding hydrogens is 212 g/mol. The molecule has 0 aliphatic heterocycles. The van der Waals surface area contributed by atoms with Crippen molar-refractivity contribution in [2.45, 2.75) is 73.3 Å². The van der Waals surface area contributed by atoms with E-state index in [-0.39, 0.29) is 5.97 Å². The molecule has 0 spiro atoms. The quantitative estimate of drug-likeness (QED) is 0.497. The monoisotopic (exact) mass is 242 g/mol. The van der Waals surface area contributed by atoms with Crippen LogP contribution in [0.2, 0.25) is 0 Å². The Bertz CT molecular complexity index is 229. The van der Waals surface area contributed by atoms with E-state index in [0.717, 1.165) is 6.42 Å². The standard InChI is InChI=1S/C13H24O2.C2H6/c1-7-8-9-11(4)13(5,6)15-12(14)10(2)3;1-2/h11H,2,7-9H2,1,3-6H3;1-2H3. The summed E-state index contributed by atoms with van der Waals surface area (Å²) < 4.78 is 5.42. The number of hydrogen-bond donors (Lipinski definition) is 0. The summed E-state index contributed by atoms with van der Waals surface area (Å²) in [5.41, 5.74) is 0.0661. The van der Waals surface area contributed by atoms with Crippen LogP contribution < -0.4 is 0 Å². The average molecular weight is 242 g/mol. The summed E-state index contributed by atoms with van der Waals surface area (Å²) in [5, 5.41) is 0. The van der Waals surface area contributed by atoms with Crippen molar-refractivity contribution in [2.24, 2.45) is 5.92 Å². The molecule has 1 atom stereocenters. The summed E-state index contributed by atoms with van der Waals surface area (Å²) in [6.45, 7) is 17.5. The molecule has 0 saturated heterocycles. The van der Waals surface area contributed by atoms with Crippen molar-refractivity contribution in [1.29, 1.82) is 0 Å². The zero-order valence-electron chi connectivity index (χ0n) is 12.7. The molecule has 0 aromatic carbocycles. The molecule has 0 aromatic rings. The van der Waals surface area contributed by atoms with Crippen LogP contribution in [0.3, 0.4) is 0 Å². The zero-order valence-corrected chi connectivity index (χ0v) is 12.7. The summed E-state index contributed by atoms with van der Waals surface area (Å²) in [6, 6.07) is 0. The van der Waals surface area contributed by atoms with Gasteiger partial charge in [0.05, 0.1) is 0 Å². The lowest BCUT2D eigenvalue weighted by Gasteiger charge is -2.31. The molecule has 102 valence electrons. The molecule has 1 unspecified atom stereocenters. The van der Waals surface area contributed by atoms with Gasteiger partial charge in [-0.2, -0.15) is 0 Å². The van der Waals surface area contributed by atoms with Crippen molar-refractivity contribution in [2.75, 3.05) is 0 Å². The molecule has 0 amide bonds. The zero-order chi connectivity index (χ0) is 14.1. The highest BCUT2D eigenvalue weighted by molar-refractivity contribution is 5.87. The first-order chi connectivity index (χ1) is 7.81. The highest BCUT2D eigenvalue weighted by Gasteiger charge is 2.29. The minimum absolute atomic E-state index is 0.289. The van der Waals surface area contributed by atoms with Gasteiger partial charge >= 0.3 is 5.97 Å². The second-order valence-corrected chi connectivity index (χ2v) is 4.82. The lowest BCUT2D eigenvalue weighted by atomic mass is 9.88. The molecule has 2 heteroatoms. The van der Waals surface area contributed by atoms with Gasteiger partial charge in [-0.1, -0.05) is 47.1 Å². The Balaban J connectivity index is 0. The number of unbranched alkanes of at least 4 members (excludes halogenated alkanes) is 1. The van der Waals surface area contributed by atoms with Crippen LogP contribution in [-0.4, -0.2) is 11.6 Å². The molecule has 0 bridgehead atoms. The van der Waals surface area contributed by atoms with E-state index in [1.54, 1.807) is 6.92 Å². The van der Waals surface area contributed by atoms with E-state index >= 15 is 0 Å². The number of carbonyl (C=O) groups excluding carboxylic acids is 1. The highest BCUT2D eigenvalue weighted by atomic mass is 16.6. The molecule has 0 aliphatic rings. The van der Waals surface area contributed by atoms with E-state index in [0.29, 0.717) is 11.5 Å². The van der Waals surface area contributed by atoms with Gasteiger partial charge in [-0.05, 0) is 33.1 Å². The van der Waals surface area contributed by atoms with Gasteiger partial charge in [-0.3, -0.25) is 0 Å². The van der Waals surface area contributed by atoms with Gasteiger partial charge in [0.2, 0.25) is 0 Å². The first-order valence-corrected chi connectivity index (χ1v) is 6.70. The van der Waals surface area contributed by atoms with Gasteiger partial charge < -0.3 is 4.74 Å². The number of ether oxygens (including phenoxy) is 1. The Kier molecular flexibility index (Phi) is 10.1. The van der Waals surface area contributed by atoms with Crippen molar-refractivity contribution in [3.63, 3.8) is 0 Å². The minimum atomic E-state index is -0.398. The molecule has 0 aliphatic carbocycles. The van der Waals surface area contributed by atoms with E-state index in [9.17, 15) is 4.79 Å². The van der Waals surface area contributed by atoms with E-state index < -0.39 is 5.60 Å². The van der Waals surface area contributed by atoms with Crippen molar-refractivity contribution in [1.82, 2.24) is 0 Å². The van der Waals surface area contributed by atoms with Gasteiger partial charge in [0, 0.05) is 5.57 Å². The predicted molar refractivity (Wildman–Crippen MR) is 75.0 cm³/mol. The number of rotatable bonds is 6. The maximum Gasteiger partial charge on any atom is 0.333 e. The topological polar surface area (TPSA) is 26.3 Å². The van der Waals surface area contributed by atoms with Crippen LogP contribution in [0.1, 0.15) is 67.7 Å². The average Bonchev–Trinajstić information content (AvgIpc) is 2.27. The Labute approximate surface area is 107 Å². The Hall–Kier alpha value is -0.790. The molecule has 2 nitrogen and oxygen atoms in total. The Morgan fingerprint density at radius 3 is 2.18 bits per heavy atom. The molecule has 0 heterocycles. The minimum Gasteiger partial charge on any atom is -0.456 e. The molecular formula is C15H30O2. The van der Waals surface area contributed by atoms with Crippen molar-refractivity contribution in [3.05, 3.63) is 12.2 Å². The normalized spacial score (nSPS) is 12.2. The van der Waals surface area contributed by atoms with Crippen LogP contribution >= 0.6 is 0 Å². The maximum atomic E-state index is 11.4. The molecule has 0 rings (SSSR count). The second kappa shape index (κ2) is 9.26. The summed E-state index contributed by atoms with van der Waals surface area (Å²) in [5.74, 6) is 0.0871. The fourth-order valence-corrected chi connectivity index (χ4v) is 1.28. The van der Waals surface area contributed by atoms with Crippen molar-refractivity contribution >= 4 is 5.97 Å². The first kappa shape index (κ1) is 18.6. The molecule has 0 N–H and O–H groups in total. The summed E-state index contributed by atoms with van der Waals surface area (Å²) >= 11 is 0. The summed E-state index contributed by atoms with van der Waals surface area (Å²) in [4.78, 5) is 11.4. The number of hydrogen-bond acceptors (Lipinski definition) is 2. The van der Waals surface area contributed by atoms with Crippen LogP contribution in [0.4, 0.5) is 0 Å².